The van der Waals surface area contributed by atoms with Crippen LogP contribution in [0.2, 0.25) is 0 Å². The van der Waals surface area contributed by atoms with Gasteiger partial charge in [-0.25, -0.2) is 0 Å². The minimum absolute atomic E-state index is 0.0567. The third-order valence-electron chi connectivity index (χ3n) is 5.28. The van der Waals surface area contributed by atoms with Gasteiger partial charge in [0.1, 0.15) is 0 Å². The number of rotatable bonds is 8. The second-order valence-corrected chi connectivity index (χ2v) is 7.31. The number of nitrogens with two attached hydrogens (primary N) is 1. The van der Waals surface area contributed by atoms with Gasteiger partial charge in [0.05, 0.1) is 6.54 Å². The summed E-state index contributed by atoms with van der Waals surface area (Å²) in [6.07, 6.45) is 0. The molecule has 2 aromatic carbocycles. The van der Waals surface area contributed by atoms with Crippen LogP contribution >= 0.6 is 0 Å². The van der Waals surface area contributed by atoms with Gasteiger partial charge >= 0.3 is 0 Å². The highest BCUT2D eigenvalue weighted by molar-refractivity contribution is 5.93. The van der Waals surface area contributed by atoms with Crippen LogP contribution in [0.5, 0.6) is 0 Å². The molecule has 2 aromatic rings. The predicted molar refractivity (Wildman–Crippen MR) is 116 cm³/mol. The van der Waals surface area contributed by atoms with Crippen molar-refractivity contribution in [3.05, 3.63) is 60.2 Å². The summed E-state index contributed by atoms with van der Waals surface area (Å²) in [6.45, 7) is 6.90. The maximum absolute atomic E-state index is 12.1. The first-order chi connectivity index (χ1) is 14.0. The molecule has 0 bridgehead atoms. The molecule has 1 fully saturated rings. The summed E-state index contributed by atoms with van der Waals surface area (Å²) in [4.78, 5) is 28.0. The molecule has 0 saturated carbocycles. The number of amides is 2. The Morgan fingerprint density at radius 1 is 1.00 bits per heavy atom. The lowest BCUT2D eigenvalue weighted by atomic mass is 10.2. The summed E-state index contributed by atoms with van der Waals surface area (Å²) in [5.41, 5.74) is 7.71. The van der Waals surface area contributed by atoms with E-state index in [0.717, 1.165) is 31.9 Å². The fourth-order valence-electron chi connectivity index (χ4n) is 3.45. The molecule has 0 spiro atoms. The molecule has 0 radical (unpaired) electrons. The predicted octanol–water partition coefficient (Wildman–Crippen LogP) is 1.52. The summed E-state index contributed by atoms with van der Waals surface area (Å²) >= 11 is 0. The summed E-state index contributed by atoms with van der Waals surface area (Å²) in [7, 11) is 0. The number of hydrogen-bond acceptors (Lipinski definition) is 5. The van der Waals surface area contributed by atoms with Crippen molar-refractivity contribution in [2.75, 3.05) is 49.5 Å². The highest BCUT2D eigenvalue weighted by Gasteiger charge is 2.21. The Morgan fingerprint density at radius 3 is 2.28 bits per heavy atom. The first-order valence-electron chi connectivity index (χ1n) is 9.97. The van der Waals surface area contributed by atoms with Crippen LogP contribution in [0.1, 0.15) is 17.3 Å². The van der Waals surface area contributed by atoms with Crippen molar-refractivity contribution >= 4 is 23.2 Å². The lowest BCUT2D eigenvalue weighted by Gasteiger charge is -2.39. The number of carbonyl (C=O) groups is 2. The molecule has 1 aliphatic rings. The number of benzene rings is 2. The third-order valence-corrected chi connectivity index (χ3v) is 5.28. The number of anilines is 2. The van der Waals surface area contributed by atoms with E-state index in [0.29, 0.717) is 12.1 Å². The maximum Gasteiger partial charge on any atom is 0.248 e. The van der Waals surface area contributed by atoms with Crippen molar-refractivity contribution in [1.82, 2.24) is 10.2 Å². The van der Waals surface area contributed by atoms with Gasteiger partial charge in [-0.3, -0.25) is 14.5 Å². The maximum atomic E-state index is 12.1. The van der Waals surface area contributed by atoms with Gasteiger partial charge in [-0.15, -0.1) is 0 Å². The zero-order chi connectivity index (χ0) is 20.6. The quantitative estimate of drug-likeness (QED) is 0.631. The van der Waals surface area contributed by atoms with Crippen LogP contribution in [0.3, 0.4) is 0 Å². The van der Waals surface area contributed by atoms with E-state index < -0.39 is 5.91 Å². The first-order valence-corrected chi connectivity index (χ1v) is 9.97. The number of carbonyl (C=O) groups excluding carboxylic acids is 2. The number of hydrogen-bond donors (Lipinski definition) is 3. The lowest BCUT2D eigenvalue weighted by molar-refractivity contribution is -0.119. The molecule has 1 heterocycles. The van der Waals surface area contributed by atoms with E-state index in [1.54, 1.807) is 24.3 Å². The van der Waals surface area contributed by atoms with Crippen molar-refractivity contribution in [1.29, 1.82) is 0 Å². The molecule has 154 valence electrons. The zero-order valence-corrected chi connectivity index (χ0v) is 16.8. The topological polar surface area (TPSA) is 90.7 Å². The minimum atomic E-state index is -0.465. The molecule has 7 nitrogen and oxygen atoms in total. The fourth-order valence-corrected chi connectivity index (χ4v) is 3.45. The molecule has 4 N–H and O–H groups in total. The standard InChI is InChI=1S/C22H29N5O2/c1-17(26-11-13-27(14-12-26)20-5-3-2-4-6-20)15-25-21(28)16-24-19-9-7-18(8-10-19)22(23)29/h2-10,17,24H,11-16H2,1H3,(H2,23,29)(H,25,28). The van der Waals surface area contributed by atoms with Crippen LogP contribution in [0.25, 0.3) is 0 Å². The normalized spacial score (nSPS) is 15.6. The van der Waals surface area contributed by atoms with Gasteiger partial charge < -0.3 is 21.3 Å². The minimum Gasteiger partial charge on any atom is -0.376 e. The summed E-state index contributed by atoms with van der Waals surface area (Å²) in [5, 5.41) is 6.05. The molecule has 29 heavy (non-hydrogen) atoms. The number of para-hydroxylation sites is 1. The second kappa shape index (κ2) is 9.93. The molecular weight excluding hydrogens is 366 g/mol. The van der Waals surface area contributed by atoms with E-state index in [-0.39, 0.29) is 18.5 Å². The van der Waals surface area contributed by atoms with Crippen molar-refractivity contribution in [3.8, 4) is 0 Å². The van der Waals surface area contributed by atoms with Gasteiger partial charge in [0, 0.05) is 55.7 Å². The molecular formula is C22H29N5O2. The fraction of sp³-hybridized carbons (Fsp3) is 0.364. The van der Waals surface area contributed by atoms with E-state index in [1.807, 2.05) is 6.07 Å². The van der Waals surface area contributed by atoms with Gasteiger partial charge in [0.25, 0.3) is 0 Å². The molecule has 0 aromatic heterocycles. The summed E-state index contributed by atoms with van der Waals surface area (Å²) in [6, 6.07) is 17.5. The Labute approximate surface area is 171 Å². The van der Waals surface area contributed by atoms with Crippen LogP contribution < -0.4 is 21.3 Å². The Bertz CT molecular complexity index is 802. The zero-order valence-electron chi connectivity index (χ0n) is 16.8. The van der Waals surface area contributed by atoms with Gasteiger partial charge in [-0.1, -0.05) is 18.2 Å². The van der Waals surface area contributed by atoms with Crippen molar-refractivity contribution < 1.29 is 9.59 Å². The monoisotopic (exact) mass is 395 g/mol. The van der Waals surface area contributed by atoms with Crippen molar-refractivity contribution in [3.63, 3.8) is 0 Å². The second-order valence-electron chi connectivity index (χ2n) is 7.31. The SMILES string of the molecule is CC(CNC(=O)CNc1ccc(C(N)=O)cc1)N1CCN(c2ccccc2)CC1. The lowest BCUT2D eigenvalue weighted by Crippen LogP contribution is -2.52. The average Bonchev–Trinajstić information content (AvgIpc) is 2.77. The van der Waals surface area contributed by atoms with Crippen LogP contribution in [-0.2, 0) is 4.79 Å². The smallest absolute Gasteiger partial charge is 0.248 e. The van der Waals surface area contributed by atoms with Crippen LogP contribution in [0.15, 0.2) is 54.6 Å². The van der Waals surface area contributed by atoms with E-state index in [1.165, 1.54) is 5.69 Å². The molecule has 1 unspecified atom stereocenters. The number of nitrogens with one attached hydrogen (secondary N) is 2. The van der Waals surface area contributed by atoms with Gasteiger partial charge in [0.2, 0.25) is 11.8 Å². The van der Waals surface area contributed by atoms with Gasteiger partial charge in [-0.2, -0.15) is 0 Å². The van der Waals surface area contributed by atoms with Gasteiger partial charge in [-0.05, 0) is 43.3 Å². The largest absolute Gasteiger partial charge is 0.376 e. The Hall–Kier alpha value is -3.06. The van der Waals surface area contributed by atoms with E-state index in [9.17, 15) is 9.59 Å². The molecule has 0 aliphatic carbocycles. The molecule has 1 saturated heterocycles. The number of nitrogens with zero attached hydrogens (tertiary/aromatic N) is 2. The van der Waals surface area contributed by atoms with Crippen LogP contribution in [0, 0.1) is 0 Å². The number of primary amides is 1. The Balaban J connectivity index is 1.36. The average molecular weight is 396 g/mol. The highest BCUT2D eigenvalue weighted by Crippen LogP contribution is 2.16. The molecule has 7 heteroatoms. The van der Waals surface area contributed by atoms with E-state index >= 15 is 0 Å². The highest BCUT2D eigenvalue weighted by atomic mass is 16.2. The summed E-state index contributed by atoms with van der Waals surface area (Å²) < 4.78 is 0. The van der Waals surface area contributed by atoms with Crippen molar-refractivity contribution in [2.24, 2.45) is 5.73 Å². The molecule has 2 amide bonds. The summed E-state index contributed by atoms with van der Waals surface area (Å²) in [5.74, 6) is -0.522. The number of piperazine rings is 1. The molecule has 1 atom stereocenters. The molecule has 3 rings (SSSR count). The molecule has 1 aliphatic heterocycles. The van der Waals surface area contributed by atoms with E-state index in [2.05, 4.69) is 51.6 Å². The van der Waals surface area contributed by atoms with Crippen molar-refractivity contribution in [2.45, 2.75) is 13.0 Å². The van der Waals surface area contributed by atoms with Crippen LogP contribution in [-0.4, -0.2) is 62.0 Å². The third kappa shape index (κ3) is 5.96. The van der Waals surface area contributed by atoms with Gasteiger partial charge in [0.15, 0.2) is 0 Å². The Morgan fingerprint density at radius 2 is 1.66 bits per heavy atom. The van der Waals surface area contributed by atoms with E-state index in [4.69, 9.17) is 5.73 Å². The Kier molecular flexibility index (Phi) is 7.08. The van der Waals surface area contributed by atoms with Crippen LogP contribution in [0.4, 0.5) is 11.4 Å². The first kappa shape index (κ1) is 20.7.